The highest BCUT2D eigenvalue weighted by Gasteiger charge is 2.19. The fourth-order valence-corrected chi connectivity index (χ4v) is 2.20. The third-order valence-corrected chi connectivity index (χ3v) is 3.99. The van der Waals surface area contributed by atoms with Crippen LogP contribution in [-0.2, 0) is 4.79 Å². The molecule has 2 rings (SSSR count). The van der Waals surface area contributed by atoms with Crippen molar-refractivity contribution in [1.82, 2.24) is 0 Å². The number of hydrogen-bond acceptors (Lipinski definition) is 1. The number of benzene rings is 1. The van der Waals surface area contributed by atoms with Gasteiger partial charge in [0.05, 0.1) is 15.2 Å². The number of allylic oxidation sites excluding steroid dienone is 2. The van der Waals surface area contributed by atoms with E-state index in [4.69, 9.17) is 11.6 Å². The Bertz CT molecular complexity index is 437. The highest BCUT2D eigenvalue weighted by molar-refractivity contribution is 9.10. The first-order valence-electron chi connectivity index (χ1n) is 5.08. The van der Waals surface area contributed by atoms with E-state index in [9.17, 15) is 4.79 Å². The Labute approximate surface area is 108 Å². The van der Waals surface area contributed by atoms with Gasteiger partial charge in [0.2, 0.25) is 5.91 Å². The number of amides is 1. The van der Waals surface area contributed by atoms with Gasteiger partial charge in [0.25, 0.3) is 0 Å². The second-order valence-corrected chi connectivity index (χ2v) is 4.93. The molecule has 1 amide bonds. The fourth-order valence-electron chi connectivity index (χ4n) is 1.67. The average Bonchev–Trinajstić information content (AvgIpc) is 2.78. The summed E-state index contributed by atoms with van der Waals surface area (Å²) in [6.07, 6.45) is 5.72. The molecule has 0 atom stereocenters. The Hall–Kier alpha value is -0.800. The number of carbonyl (C=O) groups excluding carboxylic acids is 1. The molecule has 1 aliphatic rings. The normalized spacial score (nSPS) is 15.4. The third kappa shape index (κ3) is 2.47. The summed E-state index contributed by atoms with van der Waals surface area (Å²) in [5, 5.41) is 3.48. The van der Waals surface area contributed by atoms with Gasteiger partial charge in [-0.3, -0.25) is 4.79 Å². The maximum atomic E-state index is 11.9. The van der Waals surface area contributed by atoms with Crippen LogP contribution in [0.5, 0.6) is 0 Å². The quantitative estimate of drug-likeness (QED) is 0.822. The number of rotatable bonds is 2. The molecule has 84 valence electrons. The second-order valence-electron chi connectivity index (χ2n) is 3.73. The van der Waals surface area contributed by atoms with Gasteiger partial charge in [-0.2, -0.15) is 0 Å². The van der Waals surface area contributed by atoms with Gasteiger partial charge in [0.1, 0.15) is 0 Å². The molecule has 0 unspecified atom stereocenters. The summed E-state index contributed by atoms with van der Waals surface area (Å²) < 4.78 is 0.732. The van der Waals surface area contributed by atoms with Crippen LogP contribution >= 0.6 is 27.5 Å². The van der Waals surface area contributed by atoms with Crippen molar-refractivity contribution in [3.8, 4) is 0 Å². The molecule has 0 spiro atoms. The topological polar surface area (TPSA) is 29.1 Å². The van der Waals surface area contributed by atoms with E-state index in [1.165, 1.54) is 0 Å². The average molecular weight is 301 g/mol. The number of halogens is 2. The van der Waals surface area contributed by atoms with Gasteiger partial charge in [0.15, 0.2) is 0 Å². The highest BCUT2D eigenvalue weighted by atomic mass is 79.9. The molecule has 16 heavy (non-hydrogen) atoms. The first-order valence-corrected chi connectivity index (χ1v) is 6.25. The van der Waals surface area contributed by atoms with Gasteiger partial charge >= 0.3 is 0 Å². The number of anilines is 1. The lowest BCUT2D eigenvalue weighted by Gasteiger charge is -2.12. The Morgan fingerprint density at radius 3 is 2.75 bits per heavy atom. The van der Waals surface area contributed by atoms with Crippen molar-refractivity contribution in [2.45, 2.75) is 12.8 Å². The van der Waals surface area contributed by atoms with Crippen LogP contribution in [0.2, 0.25) is 5.02 Å². The maximum Gasteiger partial charge on any atom is 0.228 e. The van der Waals surface area contributed by atoms with Crippen LogP contribution in [0.1, 0.15) is 12.8 Å². The molecule has 4 heteroatoms. The van der Waals surface area contributed by atoms with Gasteiger partial charge in [0, 0.05) is 5.92 Å². The third-order valence-electron chi connectivity index (χ3n) is 2.59. The van der Waals surface area contributed by atoms with E-state index in [2.05, 4.69) is 21.2 Å². The van der Waals surface area contributed by atoms with Crippen molar-refractivity contribution in [3.63, 3.8) is 0 Å². The molecule has 0 radical (unpaired) electrons. The maximum absolute atomic E-state index is 11.9. The summed E-state index contributed by atoms with van der Waals surface area (Å²) in [5.41, 5.74) is 0.726. The smallest absolute Gasteiger partial charge is 0.228 e. The summed E-state index contributed by atoms with van der Waals surface area (Å²) in [6, 6.07) is 5.42. The zero-order valence-electron chi connectivity index (χ0n) is 8.54. The zero-order chi connectivity index (χ0) is 11.5. The van der Waals surface area contributed by atoms with E-state index in [1.54, 1.807) is 6.07 Å². The first-order chi connectivity index (χ1) is 7.68. The fraction of sp³-hybridized carbons (Fsp3) is 0.250. The van der Waals surface area contributed by atoms with Crippen molar-refractivity contribution in [2.24, 2.45) is 5.92 Å². The Kier molecular flexibility index (Phi) is 3.66. The molecule has 1 aliphatic carbocycles. The van der Waals surface area contributed by atoms with Crippen molar-refractivity contribution in [1.29, 1.82) is 0 Å². The van der Waals surface area contributed by atoms with Crippen molar-refractivity contribution in [2.75, 3.05) is 5.32 Å². The van der Waals surface area contributed by atoms with E-state index in [0.29, 0.717) is 5.02 Å². The minimum atomic E-state index is 0.0490. The lowest BCUT2D eigenvalue weighted by molar-refractivity contribution is -0.119. The number of carbonyl (C=O) groups is 1. The zero-order valence-corrected chi connectivity index (χ0v) is 10.9. The predicted octanol–water partition coefficient (Wildman–Crippen LogP) is 4.01. The molecule has 0 heterocycles. The van der Waals surface area contributed by atoms with Gasteiger partial charge < -0.3 is 5.32 Å². The second kappa shape index (κ2) is 5.02. The van der Waals surface area contributed by atoms with Crippen LogP contribution in [0.4, 0.5) is 5.69 Å². The van der Waals surface area contributed by atoms with E-state index in [-0.39, 0.29) is 11.8 Å². The van der Waals surface area contributed by atoms with Gasteiger partial charge in [-0.15, -0.1) is 0 Å². The largest absolute Gasteiger partial charge is 0.325 e. The lowest BCUT2D eigenvalue weighted by Crippen LogP contribution is -2.20. The minimum absolute atomic E-state index is 0.0490. The Morgan fingerprint density at radius 2 is 2.06 bits per heavy atom. The summed E-state index contributed by atoms with van der Waals surface area (Å²) >= 11 is 9.30. The van der Waals surface area contributed by atoms with Crippen molar-refractivity contribution in [3.05, 3.63) is 39.8 Å². The standard InChI is InChI=1S/C12H11BrClNO/c13-11-9(14)6-3-7-10(11)15-12(16)8-4-1-2-5-8/h1-3,6-8H,4-5H2,(H,15,16). The molecule has 1 aromatic carbocycles. The lowest BCUT2D eigenvalue weighted by atomic mass is 10.1. The molecule has 2 nitrogen and oxygen atoms in total. The summed E-state index contributed by atoms with van der Waals surface area (Å²) in [4.78, 5) is 11.9. The van der Waals surface area contributed by atoms with Crippen LogP contribution in [-0.4, -0.2) is 5.91 Å². The Morgan fingerprint density at radius 1 is 1.38 bits per heavy atom. The van der Waals surface area contributed by atoms with Crippen LogP contribution in [0.25, 0.3) is 0 Å². The Balaban J connectivity index is 2.09. The predicted molar refractivity (Wildman–Crippen MR) is 69.6 cm³/mol. The molecule has 0 saturated carbocycles. The SMILES string of the molecule is O=C(Nc1cccc(Cl)c1Br)C1CC=CC1. The van der Waals surface area contributed by atoms with Crippen molar-refractivity contribution < 1.29 is 4.79 Å². The van der Waals surface area contributed by atoms with E-state index in [0.717, 1.165) is 23.0 Å². The van der Waals surface area contributed by atoms with Gasteiger partial charge in [-0.25, -0.2) is 0 Å². The molecular formula is C12H11BrClNO. The molecule has 0 aliphatic heterocycles. The molecule has 0 saturated heterocycles. The summed E-state index contributed by atoms with van der Waals surface area (Å²) in [7, 11) is 0. The number of nitrogens with one attached hydrogen (secondary N) is 1. The van der Waals surface area contributed by atoms with E-state index < -0.39 is 0 Å². The summed E-state index contributed by atoms with van der Waals surface area (Å²) in [5.74, 6) is 0.110. The molecular weight excluding hydrogens is 289 g/mol. The van der Waals surface area contributed by atoms with Crippen LogP contribution < -0.4 is 5.32 Å². The molecule has 0 fully saturated rings. The minimum Gasteiger partial charge on any atom is -0.325 e. The van der Waals surface area contributed by atoms with E-state index in [1.807, 2.05) is 24.3 Å². The van der Waals surface area contributed by atoms with E-state index >= 15 is 0 Å². The van der Waals surface area contributed by atoms with Gasteiger partial charge in [-0.05, 0) is 40.9 Å². The van der Waals surface area contributed by atoms with Crippen LogP contribution in [0.15, 0.2) is 34.8 Å². The van der Waals surface area contributed by atoms with Gasteiger partial charge in [-0.1, -0.05) is 29.8 Å². The monoisotopic (exact) mass is 299 g/mol. The first kappa shape index (κ1) is 11.7. The molecule has 0 bridgehead atoms. The highest BCUT2D eigenvalue weighted by Crippen LogP contribution is 2.31. The molecule has 1 aromatic rings. The van der Waals surface area contributed by atoms with Crippen LogP contribution in [0, 0.1) is 5.92 Å². The van der Waals surface area contributed by atoms with Crippen LogP contribution in [0.3, 0.4) is 0 Å². The van der Waals surface area contributed by atoms with Crippen molar-refractivity contribution >= 4 is 39.1 Å². The summed E-state index contributed by atoms with van der Waals surface area (Å²) in [6.45, 7) is 0. The molecule has 0 aromatic heterocycles. The number of hydrogen-bond donors (Lipinski definition) is 1. The molecule has 1 N–H and O–H groups in total.